The molecular formula is C10H8BrClN4O3S. The SMILES string of the molecule is Nc1cc(Cl)cc(S(=O)(=O)Nc2ccc(=O)[nH]n2)c1Br. The van der Waals surface area contributed by atoms with Gasteiger partial charge in [-0.25, -0.2) is 13.5 Å². The predicted molar refractivity (Wildman–Crippen MR) is 79.2 cm³/mol. The number of hydrogen-bond donors (Lipinski definition) is 3. The van der Waals surface area contributed by atoms with Gasteiger partial charge in [0.1, 0.15) is 4.90 Å². The Kier molecular flexibility index (Phi) is 4.02. The zero-order valence-electron chi connectivity index (χ0n) is 9.72. The number of hydrogen-bond acceptors (Lipinski definition) is 5. The maximum Gasteiger partial charge on any atom is 0.264 e. The van der Waals surface area contributed by atoms with Crippen molar-refractivity contribution in [2.45, 2.75) is 4.90 Å². The highest BCUT2D eigenvalue weighted by atomic mass is 79.9. The van der Waals surface area contributed by atoms with Gasteiger partial charge in [-0.15, -0.1) is 0 Å². The van der Waals surface area contributed by atoms with Crippen molar-refractivity contribution in [3.05, 3.63) is 44.1 Å². The maximum absolute atomic E-state index is 12.2. The highest BCUT2D eigenvalue weighted by molar-refractivity contribution is 9.10. The molecule has 0 bridgehead atoms. The number of anilines is 2. The van der Waals surface area contributed by atoms with E-state index in [9.17, 15) is 13.2 Å². The lowest BCUT2D eigenvalue weighted by Gasteiger charge is -2.10. The van der Waals surface area contributed by atoms with Gasteiger partial charge < -0.3 is 5.73 Å². The first kappa shape index (κ1) is 14.8. The van der Waals surface area contributed by atoms with Crippen LogP contribution in [0.3, 0.4) is 0 Å². The van der Waals surface area contributed by atoms with Crippen LogP contribution in [0.2, 0.25) is 5.02 Å². The van der Waals surface area contributed by atoms with Gasteiger partial charge in [-0.3, -0.25) is 9.52 Å². The average Bonchev–Trinajstić information content (AvgIpc) is 2.36. The van der Waals surface area contributed by atoms with Crippen molar-refractivity contribution in [1.29, 1.82) is 0 Å². The number of benzene rings is 1. The lowest BCUT2D eigenvalue weighted by atomic mass is 10.3. The summed E-state index contributed by atoms with van der Waals surface area (Å²) in [6, 6.07) is 5.04. The molecule has 106 valence electrons. The first-order valence-corrected chi connectivity index (χ1v) is 7.78. The van der Waals surface area contributed by atoms with Crippen molar-refractivity contribution in [2.75, 3.05) is 10.5 Å². The standard InChI is InChI=1S/C10H8BrClN4O3S/c11-10-6(13)3-5(12)4-7(10)20(18,19)16-8-1-2-9(17)15-14-8/h1-4H,13H2,(H,14,16)(H,15,17). The van der Waals surface area contributed by atoms with E-state index < -0.39 is 15.6 Å². The van der Waals surface area contributed by atoms with E-state index in [1.165, 1.54) is 18.2 Å². The normalized spacial score (nSPS) is 11.3. The quantitative estimate of drug-likeness (QED) is 0.700. The Balaban J connectivity index is 2.45. The van der Waals surface area contributed by atoms with E-state index in [-0.39, 0.29) is 25.9 Å². The second-order valence-corrected chi connectivity index (χ2v) is 6.60. The summed E-state index contributed by atoms with van der Waals surface area (Å²) >= 11 is 8.89. The van der Waals surface area contributed by atoms with Crippen LogP contribution >= 0.6 is 27.5 Å². The summed E-state index contributed by atoms with van der Waals surface area (Å²) in [6.07, 6.45) is 0. The van der Waals surface area contributed by atoms with E-state index in [0.717, 1.165) is 6.07 Å². The van der Waals surface area contributed by atoms with Crippen LogP contribution < -0.4 is 16.0 Å². The van der Waals surface area contributed by atoms with Crippen molar-refractivity contribution in [1.82, 2.24) is 10.2 Å². The van der Waals surface area contributed by atoms with E-state index in [1.54, 1.807) is 0 Å². The number of nitrogens with two attached hydrogens (primary N) is 1. The smallest absolute Gasteiger partial charge is 0.264 e. The van der Waals surface area contributed by atoms with Crippen molar-refractivity contribution in [3.63, 3.8) is 0 Å². The second kappa shape index (κ2) is 5.43. The number of nitrogens with zero attached hydrogens (tertiary/aromatic N) is 1. The van der Waals surface area contributed by atoms with Crippen molar-refractivity contribution in [3.8, 4) is 0 Å². The Labute approximate surface area is 127 Å². The summed E-state index contributed by atoms with van der Waals surface area (Å²) in [5.74, 6) is -0.0324. The molecule has 0 fully saturated rings. The number of nitrogens with one attached hydrogen (secondary N) is 2. The minimum atomic E-state index is -3.95. The van der Waals surface area contributed by atoms with Crippen molar-refractivity contribution >= 4 is 49.1 Å². The van der Waals surface area contributed by atoms with Gasteiger partial charge in [-0.2, -0.15) is 5.10 Å². The predicted octanol–water partition coefficient (Wildman–Crippen LogP) is 1.57. The Hall–Kier alpha value is -1.58. The molecule has 7 nitrogen and oxygen atoms in total. The molecule has 0 aliphatic rings. The Bertz CT molecular complexity index is 801. The molecule has 2 rings (SSSR count). The largest absolute Gasteiger partial charge is 0.398 e. The molecule has 0 amide bonds. The van der Waals surface area contributed by atoms with Crippen LogP contribution in [0.4, 0.5) is 11.5 Å². The lowest BCUT2D eigenvalue weighted by Crippen LogP contribution is -2.17. The molecule has 0 atom stereocenters. The molecule has 1 aromatic heterocycles. The van der Waals surface area contributed by atoms with Crippen LogP contribution in [-0.4, -0.2) is 18.6 Å². The molecule has 0 aliphatic carbocycles. The Morgan fingerprint density at radius 2 is 2.05 bits per heavy atom. The lowest BCUT2D eigenvalue weighted by molar-refractivity contribution is 0.600. The molecule has 0 saturated heterocycles. The molecule has 0 saturated carbocycles. The van der Waals surface area contributed by atoms with Crippen molar-refractivity contribution in [2.24, 2.45) is 0 Å². The zero-order valence-corrected chi connectivity index (χ0v) is 12.9. The molecule has 20 heavy (non-hydrogen) atoms. The number of H-pyrrole nitrogens is 1. The topological polar surface area (TPSA) is 118 Å². The van der Waals surface area contributed by atoms with Crippen LogP contribution in [0.15, 0.2) is 38.4 Å². The fourth-order valence-corrected chi connectivity index (χ4v) is 3.67. The molecule has 4 N–H and O–H groups in total. The van der Waals surface area contributed by atoms with Crippen LogP contribution in [0.25, 0.3) is 0 Å². The highest BCUT2D eigenvalue weighted by Gasteiger charge is 2.21. The molecular weight excluding hydrogens is 372 g/mol. The number of rotatable bonds is 3. The molecule has 0 spiro atoms. The summed E-state index contributed by atoms with van der Waals surface area (Å²) in [7, 11) is -3.95. The maximum atomic E-state index is 12.2. The van der Waals surface area contributed by atoms with Gasteiger partial charge in [0.15, 0.2) is 5.82 Å². The van der Waals surface area contributed by atoms with E-state index in [1.807, 2.05) is 0 Å². The fourth-order valence-electron chi connectivity index (χ4n) is 1.37. The van der Waals surface area contributed by atoms with Gasteiger partial charge >= 0.3 is 0 Å². The van der Waals surface area contributed by atoms with Crippen LogP contribution in [0, 0.1) is 0 Å². The van der Waals surface area contributed by atoms with Gasteiger partial charge in [0.05, 0.1) is 4.47 Å². The van der Waals surface area contributed by atoms with Crippen LogP contribution in [0.5, 0.6) is 0 Å². The van der Waals surface area contributed by atoms with Gasteiger partial charge in [0, 0.05) is 16.8 Å². The first-order valence-electron chi connectivity index (χ1n) is 5.12. The van der Waals surface area contributed by atoms with Crippen LogP contribution in [-0.2, 0) is 10.0 Å². The molecule has 0 radical (unpaired) electrons. The van der Waals surface area contributed by atoms with Gasteiger partial charge in [0.2, 0.25) is 0 Å². The summed E-state index contributed by atoms with van der Waals surface area (Å²) in [4.78, 5) is 10.7. The number of aromatic amines is 1. The third kappa shape index (κ3) is 3.11. The van der Waals surface area contributed by atoms with E-state index in [2.05, 4.69) is 30.8 Å². The highest BCUT2D eigenvalue weighted by Crippen LogP contribution is 2.32. The summed E-state index contributed by atoms with van der Waals surface area (Å²) in [6.45, 7) is 0. The average molecular weight is 380 g/mol. The third-order valence-corrected chi connectivity index (χ3v) is 4.98. The van der Waals surface area contributed by atoms with E-state index in [4.69, 9.17) is 17.3 Å². The minimum Gasteiger partial charge on any atom is -0.398 e. The monoisotopic (exact) mass is 378 g/mol. The number of sulfonamides is 1. The van der Waals surface area contributed by atoms with Gasteiger partial charge in [0.25, 0.3) is 15.6 Å². The van der Waals surface area contributed by atoms with Gasteiger partial charge in [-0.1, -0.05) is 11.6 Å². The summed E-state index contributed by atoms with van der Waals surface area (Å²) in [5.41, 5.74) is 5.39. The Morgan fingerprint density at radius 1 is 1.35 bits per heavy atom. The van der Waals surface area contributed by atoms with Crippen LogP contribution in [0.1, 0.15) is 0 Å². The molecule has 1 heterocycles. The minimum absolute atomic E-state index is 0.0324. The summed E-state index contributed by atoms with van der Waals surface area (Å²) in [5, 5.41) is 5.85. The molecule has 0 aliphatic heterocycles. The van der Waals surface area contributed by atoms with E-state index in [0.29, 0.717) is 0 Å². The van der Waals surface area contributed by atoms with Crippen molar-refractivity contribution < 1.29 is 8.42 Å². The fraction of sp³-hybridized carbons (Fsp3) is 0. The third-order valence-electron chi connectivity index (χ3n) is 2.24. The Morgan fingerprint density at radius 3 is 2.65 bits per heavy atom. The number of aromatic nitrogens is 2. The molecule has 10 heteroatoms. The van der Waals surface area contributed by atoms with E-state index >= 15 is 0 Å². The number of halogens is 2. The molecule has 1 aromatic carbocycles. The number of nitrogen functional groups attached to an aromatic ring is 1. The summed E-state index contributed by atoms with van der Waals surface area (Å²) < 4.78 is 26.8. The van der Waals surface area contributed by atoms with Gasteiger partial charge in [-0.05, 0) is 34.1 Å². The molecule has 2 aromatic rings. The molecule has 0 unspecified atom stereocenters. The zero-order chi connectivity index (χ0) is 14.9. The first-order chi connectivity index (χ1) is 9.29. The second-order valence-electron chi connectivity index (χ2n) is 3.72.